The molecule has 0 atom stereocenters. The Bertz CT molecular complexity index is 299. The predicted octanol–water partition coefficient (Wildman–Crippen LogP) is 3.62. The number of hydrogen-bond acceptors (Lipinski definition) is 3. The van der Waals surface area contributed by atoms with Crippen molar-refractivity contribution in [2.75, 3.05) is 19.3 Å². The summed E-state index contributed by atoms with van der Waals surface area (Å²) in [6, 6.07) is 0. The summed E-state index contributed by atoms with van der Waals surface area (Å²) < 4.78 is 12.4. The van der Waals surface area contributed by atoms with Crippen LogP contribution in [0.2, 0.25) is 39.3 Å². The van der Waals surface area contributed by atoms with Crippen molar-refractivity contribution in [1.29, 1.82) is 0 Å². The first-order valence-corrected chi connectivity index (χ1v) is 15.2. The highest BCUT2D eigenvalue weighted by atomic mass is 31.2. The summed E-state index contributed by atoms with van der Waals surface area (Å²) >= 11 is 0. The van der Waals surface area contributed by atoms with E-state index in [1.165, 1.54) is 0 Å². The lowest BCUT2D eigenvalue weighted by molar-refractivity contribution is -0.127. The lowest BCUT2D eigenvalue weighted by Gasteiger charge is -2.31. The molecule has 1 fully saturated rings. The lowest BCUT2D eigenvalue weighted by Crippen LogP contribution is -2.32. The minimum absolute atomic E-state index is 0.288. The van der Waals surface area contributed by atoms with Crippen molar-refractivity contribution in [3.05, 3.63) is 0 Å². The number of likely N-dealkylation sites (tertiary alicyclic amines) is 1. The first kappa shape index (κ1) is 17.3. The second kappa shape index (κ2) is 6.81. The zero-order chi connectivity index (χ0) is 14.7. The van der Waals surface area contributed by atoms with Crippen LogP contribution in [0.5, 0.6) is 0 Å². The van der Waals surface area contributed by atoms with E-state index in [0.29, 0.717) is 6.42 Å². The van der Waals surface area contributed by atoms with Crippen LogP contribution in [0.1, 0.15) is 12.8 Å². The Kier molecular flexibility index (Phi) is 6.20. The van der Waals surface area contributed by atoms with Gasteiger partial charge in [-0.05, 0) is 45.7 Å². The molecular formula is C12H28NO3PSi2. The van der Waals surface area contributed by atoms with Crippen molar-refractivity contribution in [3.8, 4) is 0 Å². The minimum atomic E-state index is -1.59. The molecule has 0 N–H and O–H groups in total. The SMILES string of the molecule is C[Si](C)(C)OP(CCN1CCCC1=O)O[Si](C)(C)C. The van der Waals surface area contributed by atoms with Gasteiger partial charge in [0.1, 0.15) is 0 Å². The molecule has 1 amide bonds. The van der Waals surface area contributed by atoms with E-state index in [2.05, 4.69) is 39.3 Å². The van der Waals surface area contributed by atoms with Gasteiger partial charge >= 0.3 is 0 Å². The second-order valence-corrected chi connectivity index (χ2v) is 18.0. The summed E-state index contributed by atoms with van der Waals surface area (Å²) in [5.74, 6) is 0.288. The molecule has 0 unspecified atom stereocenters. The molecule has 0 bridgehead atoms. The largest absolute Gasteiger partial charge is 0.376 e. The van der Waals surface area contributed by atoms with Crippen LogP contribution in [0, 0.1) is 0 Å². The molecule has 1 aliphatic heterocycles. The Morgan fingerprint density at radius 3 is 2.00 bits per heavy atom. The van der Waals surface area contributed by atoms with Crippen molar-refractivity contribution in [2.24, 2.45) is 0 Å². The molecule has 0 radical (unpaired) electrons. The molecule has 19 heavy (non-hydrogen) atoms. The van der Waals surface area contributed by atoms with Gasteiger partial charge in [-0.25, -0.2) is 0 Å². The fourth-order valence-electron chi connectivity index (χ4n) is 1.86. The molecule has 0 aromatic carbocycles. The van der Waals surface area contributed by atoms with Crippen molar-refractivity contribution in [3.63, 3.8) is 0 Å². The maximum absolute atomic E-state index is 11.6. The van der Waals surface area contributed by atoms with Crippen LogP contribution in [0.4, 0.5) is 0 Å². The molecule has 1 rings (SSSR count). The molecule has 0 saturated carbocycles. The molecule has 1 aliphatic rings. The number of carbonyl (C=O) groups excluding carboxylic acids is 1. The van der Waals surface area contributed by atoms with Crippen molar-refractivity contribution < 1.29 is 13.2 Å². The van der Waals surface area contributed by atoms with Gasteiger partial charge in [-0.2, -0.15) is 0 Å². The number of carbonyl (C=O) groups is 1. The van der Waals surface area contributed by atoms with E-state index in [4.69, 9.17) is 8.43 Å². The van der Waals surface area contributed by atoms with Gasteiger partial charge in [0, 0.05) is 25.7 Å². The average Bonchev–Trinajstić information content (AvgIpc) is 2.55. The Labute approximate surface area is 121 Å². The van der Waals surface area contributed by atoms with E-state index in [1.807, 2.05) is 4.90 Å². The van der Waals surface area contributed by atoms with Crippen molar-refractivity contribution in [1.82, 2.24) is 4.90 Å². The van der Waals surface area contributed by atoms with Gasteiger partial charge in [-0.3, -0.25) is 4.79 Å². The maximum Gasteiger partial charge on any atom is 0.222 e. The number of nitrogens with zero attached hydrogens (tertiary/aromatic N) is 1. The summed E-state index contributed by atoms with van der Waals surface area (Å²) in [6.45, 7) is 14.8. The summed E-state index contributed by atoms with van der Waals surface area (Å²) in [4.78, 5) is 13.6. The van der Waals surface area contributed by atoms with Crippen LogP contribution in [0.3, 0.4) is 0 Å². The molecule has 0 aromatic rings. The Balaban J connectivity index is 2.51. The van der Waals surface area contributed by atoms with E-state index < -0.39 is 25.0 Å². The minimum Gasteiger partial charge on any atom is -0.376 e. The van der Waals surface area contributed by atoms with Gasteiger partial charge in [-0.15, -0.1) is 0 Å². The fraction of sp³-hybridized carbons (Fsp3) is 0.917. The van der Waals surface area contributed by atoms with Gasteiger partial charge in [0.2, 0.25) is 5.91 Å². The van der Waals surface area contributed by atoms with Crippen LogP contribution in [-0.2, 0) is 13.2 Å². The standard InChI is InChI=1S/C12H28NO3PSi2/c1-18(2,3)15-17(16-19(4,5)6)11-10-13-9-7-8-12(13)14/h7-11H2,1-6H3. The second-order valence-electron chi connectivity index (χ2n) is 6.95. The van der Waals surface area contributed by atoms with E-state index in [1.54, 1.807) is 0 Å². The van der Waals surface area contributed by atoms with E-state index >= 15 is 0 Å². The molecular weight excluding hydrogens is 293 g/mol. The normalized spacial score (nSPS) is 17.6. The Morgan fingerprint density at radius 2 is 1.63 bits per heavy atom. The number of amides is 1. The van der Waals surface area contributed by atoms with Crippen LogP contribution in [-0.4, -0.2) is 46.7 Å². The molecule has 1 saturated heterocycles. The molecule has 0 spiro atoms. The zero-order valence-corrected chi connectivity index (χ0v) is 16.0. The van der Waals surface area contributed by atoms with Crippen molar-refractivity contribution >= 4 is 30.9 Å². The van der Waals surface area contributed by atoms with Gasteiger partial charge in [-0.1, -0.05) is 0 Å². The van der Waals surface area contributed by atoms with Gasteiger partial charge in [0.25, 0.3) is 0 Å². The zero-order valence-electron chi connectivity index (χ0n) is 13.2. The van der Waals surface area contributed by atoms with E-state index in [9.17, 15) is 4.79 Å². The number of hydrogen-bond donors (Lipinski definition) is 0. The van der Waals surface area contributed by atoms with Gasteiger partial charge < -0.3 is 13.3 Å². The molecule has 4 nitrogen and oxygen atoms in total. The smallest absolute Gasteiger partial charge is 0.222 e. The summed E-state index contributed by atoms with van der Waals surface area (Å²) in [7, 11) is -4.02. The highest BCUT2D eigenvalue weighted by molar-refractivity contribution is 7.50. The molecule has 0 aromatic heterocycles. The third-order valence-electron chi connectivity index (χ3n) is 2.48. The van der Waals surface area contributed by atoms with Crippen molar-refractivity contribution in [2.45, 2.75) is 52.1 Å². The third kappa shape index (κ3) is 7.56. The van der Waals surface area contributed by atoms with Crippen LogP contribution < -0.4 is 0 Å². The highest BCUT2D eigenvalue weighted by Crippen LogP contribution is 2.44. The molecule has 7 heteroatoms. The molecule has 112 valence electrons. The van der Waals surface area contributed by atoms with Crippen LogP contribution in [0.15, 0.2) is 0 Å². The highest BCUT2D eigenvalue weighted by Gasteiger charge is 2.29. The quantitative estimate of drug-likeness (QED) is 0.531. The monoisotopic (exact) mass is 321 g/mol. The van der Waals surface area contributed by atoms with E-state index in [0.717, 1.165) is 25.7 Å². The Morgan fingerprint density at radius 1 is 1.11 bits per heavy atom. The lowest BCUT2D eigenvalue weighted by atomic mass is 10.4. The first-order valence-electron chi connectivity index (χ1n) is 7.00. The number of rotatable bonds is 7. The van der Waals surface area contributed by atoms with Crippen LogP contribution in [0.25, 0.3) is 0 Å². The summed E-state index contributed by atoms with van der Waals surface area (Å²) in [5.41, 5.74) is 0. The van der Waals surface area contributed by atoms with Crippen LogP contribution >= 0.6 is 8.38 Å². The Hall–Kier alpha value is 0.254. The van der Waals surface area contributed by atoms with Gasteiger partial charge in [0.15, 0.2) is 25.0 Å². The molecule has 0 aliphatic carbocycles. The topological polar surface area (TPSA) is 38.8 Å². The summed E-state index contributed by atoms with van der Waals surface area (Å²) in [5, 5.41) is 0. The first-order chi connectivity index (χ1) is 8.57. The average molecular weight is 322 g/mol. The molecule has 1 heterocycles. The predicted molar refractivity (Wildman–Crippen MR) is 86.5 cm³/mol. The fourth-order valence-corrected chi connectivity index (χ4v) is 8.37. The summed E-state index contributed by atoms with van der Waals surface area (Å²) in [6.07, 6.45) is 2.57. The third-order valence-corrected chi connectivity index (χ3v) is 9.05. The van der Waals surface area contributed by atoms with Gasteiger partial charge in [0.05, 0.1) is 0 Å². The van der Waals surface area contributed by atoms with E-state index in [-0.39, 0.29) is 5.91 Å². The maximum atomic E-state index is 11.6.